The smallest absolute Gasteiger partial charge is 0.242 e. The van der Waals surface area contributed by atoms with Crippen LogP contribution in [-0.2, 0) is 10.0 Å². The minimum absolute atomic E-state index is 0.112. The van der Waals surface area contributed by atoms with Gasteiger partial charge in [0.1, 0.15) is 10.7 Å². The molecule has 14 heavy (non-hydrogen) atoms. The summed E-state index contributed by atoms with van der Waals surface area (Å²) in [6.07, 6.45) is 1.94. The monoisotopic (exact) mass is 220 g/mol. The first-order chi connectivity index (χ1) is 6.56. The Morgan fingerprint density at radius 2 is 2.21 bits per heavy atom. The van der Waals surface area contributed by atoms with Crippen molar-refractivity contribution in [3.63, 3.8) is 0 Å². The fourth-order valence-corrected chi connectivity index (χ4v) is 1.80. The Balaban J connectivity index is 2.93. The highest BCUT2D eigenvalue weighted by atomic mass is 32.2. The largest absolute Gasteiger partial charge is 0.395 e. The molecule has 0 aromatic carbocycles. The van der Waals surface area contributed by atoms with E-state index in [1.54, 1.807) is 0 Å². The number of hydrogen-bond donors (Lipinski definition) is 2. The number of pyridine rings is 1. The van der Waals surface area contributed by atoms with E-state index in [4.69, 9.17) is 5.11 Å². The van der Waals surface area contributed by atoms with E-state index in [-0.39, 0.29) is 18.0 Å². The predicted octanol–water partition coefficient (Wildman–Crippen LogP) is -0.509. The summed E-state index contributed by atoms with van der Waals surface area (Å²) in [5.74, 6) is -0.725. The summed E-state index contributed by atoms with van der Waals surface area (Å²) < 4.78 is 37.3. The van der Waals surface area contributed by atoms with Gasteiger partial charge >= 0.3 is 0 Å². The van der Waals surface area contributed by atoms with Gasteiger partial charge in [0.15, 0.2) is 0 Å². The molecule has 0 atom stereocenters. The van der Waals surface area contributed by atoms with Crippen molar-refractivity contribution < 1.29 is 17.9 Å². The van der Waals surface area contributed by atoms with Crippen molar-refractivity contribution in [2.45, 2.75) is 4.90 Å². The van der Waals surface area contributed by atoms with Gasteiger partial charge in [0.2, 0.25) is 10.0 Å². The summed E-state index contributed by atoms with van der Waals surface area (Å²) in [4.78, 5) is 3.14. The van der Waals surface area contributed by atoms with Gasteiger partial charge in [-0.3, -0.25) is 4.98 Å². The van der Waals surface area contributed by atoms with E-state index in [1.165, 1.54) is 0 Å². The fourth-order valence-electron chi connectivity index (χ4n) is 0.803. The Bertz CT molecular complexity index is 407. The van der Waals surface area contributed by atoms with Crippen LogP contribution in [0.25, 0.3) is 0 Å². The van der Waals surface area contributed by atoms with E-state index in [0.29, 0.717) is 0 Å². The third-order valence-corrected chi connectivity index (χ3v) is 2.82. The number of aromatic nitrogens is 1. The molecule has 0 aliphatic heterocycles. The molecule has 0 unspecified atom stereocenters. The Labute approximate surface area is 80.7 Å². The van der Waals surface area contributed by atoms with E-state index in [9.17, 15) is 12.8 Å². The lowest BCUT2D eigenvalue weighted by Crippen LogP contribution is -2.26. The Kier molecular flexibility index (Phi) is 3.50. The highest BCUT2D eigenvalue weighted by Gasteiger charge is 2.13. The second kappa shape index (κ2) is 4.45. The molecule has 0 aliphatic carbocycles. The molecule has 0 spiro atoms. The van der Waals surface area contributed by atoms with Crippen molar-refractivity contribution in [2.24, 2.45) is 0 Å². The fraction of sp³-hybridized carbons (Fsp3) is 0.286. The van der Waals surface area contributed by atoms with Gasteiger partial charge in [0.05, 0.1) is 12.8 Å². The van der Waals surface area contributed by atoms with E-state index in [0.717, 1.165) is 18.5 Å². The molecule has 0 saturated carbocycles. The molecule has 78 valence electrons. The molecular weight excluding hydrogens is 211 g/mol. The average Bonchev–Trinajstić information content (AvgIpc) is 2.15. The lowest BCUT2D eigenvalue weighted by atomic mass is 10.5. The number of nitrogens with zero attached hydrogens (tertiary/aromatic N) is 1. The van der Waals surface area contributed by atoms with Gasteiger partial charge in [0.25, 0.3) is 0 Å². The van der Waals surface area contributed by atoms with Crippen LogP contribution in [0.2, 0.25) is 0 Å². The van der Waals surface area contributed by atoms with E-state index in [2.05, 4.69) is 9.71 Å². The van der Waals surface area contributed by atoms with Crippen LogP contribution in [0.5, 0.6) is 0 Å². The molecule has 0 saturated heterocycles. The van der Waals surface area contributed by atoms with Crippen LogP contribution in [0, 0.1) is 5.82 Å². The number of halogens is 1. The summed E-state index contributed by atoms with van der Waals surface area (Å²) in [6, 6.07) is 0.854. The van der Waals surface area contributed by atoms with E-state index < -0.39 is 15.8 Å². The van der Waals surface area contributed by atoms with Crippen molar-refractivity contribution in [3.8, 4) is 0 Å². The van der Waals surface area contributed by atoms with Gasteiger partial charge in [-0.2, -0.15) is 0 Å². The maximum Gasteiger partial charge on any atom is 0.242 e. The van der Waals surface area contributed by atoms with Gasteiger partial charge in [0, 0.05) is 12.7 Å². The Morgan fingerprint density at radius 1 is 1.50 bits per heavy atom. The molecule has 0 amide bonds. The zero-order valence-electron chi connectivity index (χ0n) is 7.14. The van der Waals surface area contributed by atoms with Crippen molar-refractivity contribution in [1.29, 1.82) is 0 Å². The lowest BCUT2D eigenvalue weighted by molar-refractivity contribution is 0.301. The molecule has 0 bridgehead atoms. The van der Waals surface area contributed by atoms with E-state index >= 15 is 0 Å². The standard InChI is InChI=1S/C7H9FN2O3S/c8-6-3-7(5-9-4-6)14(12,13)10-1-2-11/h3-5,10-11H,1-2H2. The second-order valence-electron chi connectivity index (χ2n) is 2.46. The van der Waals surface area contributed by atoms with Crippen LogP contribution in [0.3, 0.4) is 0 Å². The van der Waals surface area contributed by atoms with E-state index in [1.807, 2.05) is 0 Å². The SMILES string of the molecule is O=S(=O)(NCCO)c1cncc(F)c1. The number of rotatable bonds is 4. The summed E-state index contributed by atoms with van der Waals surface area (Å²) >= 11 is 0. The number of sulfonamides is 1. The van der Waals surface area contributed by atoms with Crippen molar-refractivity contribution in [1.82, 2.24) is 9.71 Å². The molecule has 7 heteroatoms. The molecule has 1 rings (SSSR count). The van der Waals surface area contributed by atoms with Crippen LogP contribution in [-0.4, -0.2) is 31.7 Å². The molecule has 0 aliphatic rings. The average molecular weight is 220 g/mol. The highest BCUT2D eigenvalue weighted by Crippen LogP contribution is 2.07. The molecule has 1 heterocycles. The summed E-state index contributed by atoms with van der Waals surface area (Å²) in [5, 5.41) is 8.41. The van der Waals surface area contributed by atoms with Gasteiger partial charge in [-0.25, -0.2) is 17.5 Å². The third-order valence-electron chi connectivity index (χ3n) is 1.39. The molecular formula is C7H9FN2O3S. The zero-order valence-corrected chi connectivity index (χ0v) is 7.96. The molecule has 5 nitrogen and oxygen atoms in total. The van der Waals surface area contributed by atoms with Gasteiger partial charge in [-0.1, -0.05) is 0 Å². The lowest BCUT2D eigenvalue weighted by Gasteiger charge is -2.03. The Hall–Kier alpha value is -1.05. The Morgan fingerprint density at radius 3 is 2.79 bits per heavy atom. The first-order valence-electron chi connectivity index (χ1n) is 3.77. The van der Waals surface area contributed by atoms with Crippen LogP contribution in [0.15, 0.2) is 23.4 Å². The topological polar surface area (TPSA) is 79.3 Å². The number of aliphatic hydroxyl groups excluding tert-OH is 1. The van der Waals surface area contributed by atoms with Gasteiger partial charge in [-0.05, 0) is 6.07 Å². The van der Waals surface area contributed by atoms with Crippen molar-refractivity contribution in [3.05, 3.63) is 24.3 Å². The molecule has 0 fully saturated rings. The van der Waals surface area contributed by atoms with Gasteiger partial charge < -0.3 is 5.11 Å². The van der Waals surface area contributed by atoms with Crippen LogP contribution in [0.1, 0.15) is 0 Å². The van der Waals surface area contributed by atoms with Crippen molar-refractivity contribution in [2.75, 3.05) is 13.2 Å². The molecule has 2 N–H and O–H groups in total. The summed E-state index contributed by atoms with van der Waals surface area (Å²) in [5.41, 5.74) is 0. The zero-order chi connectivity index (χ0) is 10.6. The second-order valence-corrected chi connectivity index (χ2v) is 4.23. The van der Waals surface area contributed by atoms with Crippen molar-refractivity contribution >= 4 is 10.0 Å². The van der Waals surface area contributed by atoms with Crippen LogP contribution in [0.4, 0.5) is 4.39 Å². The van der Waals surface area contributed by atoms with Crippen LogP contribution < -0.4 is 4.72 Å². The first kappa shape index (κ1) is 11.0. The van der Waals surface area contributed by atoms with Crippen LogP contribution >= 0.6 is 0 Å². The minimum atomic E-state index is -3.76. The summed E-state index contributed by atoms with van der Waals surface area (Å²) in [7, 11) is -3.76. The number of hydrogen-bond acceptors (Lipinski definition) is 4. The predicted molar refractivity (Wildman–Crippen MR) is 46.5 cm³/mol. The summed E-state index contributed by atoms with van der Waals surface area (Å²) in [6.45, 7) is -0.430. The highest BCUT2D eigenvalue weighted by molar-refractivity contribution is 7.89. The molecule has 0 radical (unpaired) electrons. The first-order valence-corrected chi connectivity index (χ1v) is 5.25. The quantitative estimate of drug-likeness (QED) is 0.716. The van der Waals surface area contributed by atoms with Gasteiger partial charge in [-0.15, -0.1) is 0 Å². The minimum Gasteiger partial charge on any atom is -0.395 e. The number of aliphatic hydroxyl groups is 1. The molecule has 1 aromatic heterocycles. The number of nitrogens with one attached hydrogen (secondary N) is 1. The molecule has 1 aromatic rings. The third kappa shape index (κ3) is 2.72. The maximum absolute atomic E-state index is 12.6. The maximum atomic E-state index is 12.6. The normalized spacial score (nSPS) is 11.6.